The third-order valence-corrected chi connectivity index (χ3v) is 4.56. The molecule has 0 fully saturated rings. The lowest BCUT2D eigenvalue weighted by Crippen LogP contribution is -2.26. The van der Waals surface area contributed by atoms with E-state index in [1.807, 2.05) is 13.0 Å². The molecule has 6 heteroatoms. The summed E-state index contributed by atoms with van der Waals surface area (Å²) < 4.78 is 22.9. The predicted octanol–water partition coefficient (Wildman–Crippen LogP) is 2.45. The third-order valence-electron chi connectivity index (χ3n) is 3.43. The lowest BCUT2D eigenvalue weighted by Gasteiger charge is -2.15. The molecule has 2 aromatic carbocycles. The van der Waals surface area contributed by atoms with Crippen molar-refractivity contribution in [2.24, 2.45) is 0 Å². The molecule has 1 N–H and O–H groups in total. The molecule has 0 aliphatic carbocycles. The normalized spacial score (nSPS) is 12.2. The summed E-state index contributed by atoms with van der Waals surface area (Å²) in [6, 6.07) is 14.5. The van der Waals surface area contributed by atoms with Crippen molar-refractivity contribution in [3.8, 4) is 6.07 Å². The topological polar surface area (TPSA) is 87.0 Å². The number of hydrogen-bond acceptors (Lipinski definition) is 4. The Bertz CT molecular complexity index is 848. The minimum absolute atomic E-state index is 0.242. The van der Waals surface area contributed by atoms with Crippen LogP contribution in [0.2, 0.25) is 0 Å². The van der Waals surface area contributed by atoms with Crippen LogP contribution in [0.5, 0.6) is 0 Å². The van der Waals surface area contributed by atoms with Gasteiger partial charge in [0.05, 0.1) is 22.6 Å². The van der Waals surface area contributed by atoms with Crippen LogP contribution in [0.3, 0.4) is 0 Å². The average molecular weight is 328 g/mol. The van der Waals surface area contributed by atoms with Crippen molar-refractivity contribution in [2.45, 2.75) is 17.9 Å². The Kier molecular flexibility index (Phi) is 4.82. The summed E-state index contributed by atoms with van der Waals surface area (Å²) in [5.74, 6) is -0.255. The summed E-state index contributed by atoms with van der Waals surface area (Å²) in [5, 5.41) is 11.6. The number of hydrogen-bond donors (Lipinski definition) is 1. The van der Waals surface area contributed by atoms with Crippen LogP contribution in [-0.2, 0) is 9.84 Å². The number of benzene rings is 2. The van der Waals surface area contributed by atoms with Gasteiger partial charge in [-0.25, -0.2) is 8.42 Å². The van der Waals surface area contributed by atoms with Crippen molar-refractivity contribution >= 4 is 15.7 Å². The highest BCUT2D eigenvalue weighted by Gasteiger charge is 2.13. The second-order valence-electron chi connectivity index (χ2n) is 5.23. The highest BCUT2D eigenvalue weighted by Crippen LogP contribution is 2.17. The van der Waals surface area contributed by atoms with E-state index in [-0.39, 0.29) is 16.8 Å². The molecular weight excluding hydrogens is 312 g/mol. The Hall–Kier alpha value is -2.65. The molecule has 0 saturated carbocycles. The molecule has 0 spiro atoms. The summed E-state index contributed by atoms with van der Waals surface area (Å²) in [5.41, 5.74) is 1.76. The van der Waals surface area contributed by atoms with Crippen molar-refractivity contribution in [3.05, 3.63) is 65.2 Å². The van der Waals surface area contributed by atoms with Gasteiger partial charge >= 0.3 is 0 Å². The Labute approximate surface area is 135 Å². The number of carbonyl (C=O) groups is 1. The zero-order valence-electron chi connectivity index (χ0n) is 12.8. The van der Waals surface area contributed by atoms with Gasteiger partial charge in [0.25, 0.3) is 5.91 Å². The molecular formula is C17H16N2O3S. The average Bonchev–Trinajstić information content (AvgIpc) is 2.54. The van der Waals surface area contributed by atoms with E-state index >= 15 is 0 Å². The molecule has 2 rings (SSSR count). The summed E-state index contributed by atoms with van der Waals surface area (Å²) in [6.45, 7) is 1.82. The quantitative estimate of drug-likeness (QED) is 0.934. The molecule has 0 heterocycles. The molecule has 0 aromatic heterocycles. The van der Waals surface area contributed by atoms with Crippen LogP contribution >= 0.6 is 0 Å². The summed E-state index contributed by atoms with van der Waals surface area (Å²) >= 11 is 0. The zero-order chi connectivity index (χ0) is 17.0. The van der Waals surface area contributed by atoms with Crippen LogP contribution in [0.25, 0.3) is 0 Å². The highest BCUT2D eigenvalue weighted by atomic mass is 32.2. The smallest absolute Gasteiger partial charge is 0.251 e. The van der Waals surface area contributed by atoms with Gasteiger partial charge in [-0.05, 0) is 48.9 Å². The number of sulfone groups is 1. The van der Waals surface area contributed by atoms with Crippen molar-refractivity contribution in [3.63, 3.8) is 0 Å². The Morgan fingerprint density at radius 1 is 1.09 bits per heavy atom. The van der Waals surface area contributed by atoms with Crippen LogP contribution in [0.1, 0.15) is 34.5 Å². The number of nitrogens with zero attached hydrogens (tertiary/aromatic N) is 1. The fraction of sp³-hybridized carbons (Fsp3) is 0.176. The van der Waals surface area contributed by atoms with Crippen LogP contribution < -0.4 is 5.32 Å². The van der Waals surface area contributed by atoms with E-state index < -0.39 is 9.84 Å². The second-order valence-corrected chi connectivity index (χ2v) is 7.24. The molecule has 0 aliphatic rings. The van der Waals surface area contributed by atoms with Gasteiger partial charge in [-0.15, -0.1) is 0 Å². The number of rotatable bonds is 4. The summed E-state index contributed by atoms with van der Waals surface area (Å²) in [7, 11) is -3.23. The molecule has 2 aromatic rings. The highest BCUT2D eigenvalue weighted by molar-refractivity contribution is 7.90. The SMILES string of the molecule is C[C@@H](NC(=O)c1ccc(C#N)cc1)c1ccc(S(C)(=O)=O)cc1. The maximum atomic E-state index is 12.2. The molecule has 1 atom stereocenters. The van der Waals surface area contributed by atoms with Crippen LogP contribution in [-0.4, -0.2) is 20.6 Å². The van der Waals surface area contributed by atoms with Gasteiger partial charge in [0, 0.05) is 11.8 Å². The molecule has 0 bridgehead atoms. The first kappa shape index (κ1) is 16.7. The van der Waals surface area contributed by atoms with E-state index in [9.17, 15) is 13.2 Å². The molecule has 0 aliphatic heterocycles. The number of carbonyl (C=O) groups excluding carboxylic acids is 1. The van der Waals surface area contributed by atoms with E-state index in [1.165, 1.54) is 12.1 Å². The lowest BCUT2D eigenvalue weighted by molar-refractivity contribution is 0.0940. The fourth-order valence-corrected chi connectivity index (χ4v) is 2.69. The van der Waals surface area contributed by atoms with Crippen LogP contribution in [0, 0.1) is 11.3 Å². The van der Waals surface area contributed by atoms with E-state index in [0.717, 1.165) is 11.8 Å². The van der Waals surface area contributed by atoms with E-state index in [2.05, 4.69) is 5.32 Å². The predicted molar refractivity (Wildman–Crippen MR) is 86.6 cm³/mol. The molecule has 1 amide bonds. The van der Waals surface area contributed by atoms with Crippen molar-refractivity contribution in [2.75, 3.05) is 6.26 Å². The van der Waals surface area contributed by atoms with E-state index in [4.69, 9.17) is 5.26 Å². The Morgan fingerprint density at radius 3 is 2.13 bits per heavy atom. The maximum absolute atomic E-state index is 12.2. The molecule has 118 valence electrons. The molecule has 23 heavy (non-hydrogen) atoms. The molecule has 0 unspecified atom stereocenters. The first-order valence-corrected chi connectivity index (χ1v) is 8.81. The van der Waals surface area contributed by atoms with Gasteiger partial charge in [-0.2, -0.15) is 5.26 Å². The van der Waals surface area contributed by atoms with Crippen LogP contribution in [0.15, 0.2) is 53.4 Å². The third kappa shape index (κ3) is 4.18. The standard InChI is InChI=1S/C17H16N2O3S/c1-12(14-7-9-16(10-8-14)23(2,21)22)19-17(20)15-5-3-13(11-18)4-6-15/h3-10,12H,1-2H3,(H,19,20)/t12-/m1/s1. The minimum Gasteiger partial charge on any atom is -0.346 e. The van der Waals surface area contributed by atoms with Crippen molar-refractivity contribution < 1.29 is 13.2 Å². The monoisotopic (exact) mass is 328 g/mol. The zero-order valence-corrected chi connectivity index (χ0v) is 13.6. The number of nitriles is 1. The number of nitrogens with one attached hydrogen (secondary N) is 1. The molecule has 0 radical (unpaired) electrons. The maximum Gasteiger partial charge on any atom is 0.251 e. The minimum atomic E-state index is -3.23. The van der Waals surface area contributed by atoms with Gasteiger partial charge in [-0.3, -0.25) is 4.79 Å². The Morgan fingerprint density at radius 2 is 1.65 bits per heavy atom. The van der Waals surface area contributed by atoms with Gasteiger partial charge < -0.3 is 5.32 Å². The fourth-order valence-electron chi connectivity index (χ4n) is 2.06. The summed E-state index contributed by atoms with van der Waals surface area (Å²) in [4.78, 5) is 12.4. The van der Waals surface area contributed by atoms with Crippen molar-refractivity contribution in [1.29, 1.82) is 5.26 Å². The van der Waals surface area contributed by atoms with E-state index in [1.54, 1.807) is 36.4 Å². The van der Waals surface area contributed by atoms with Gasteiger partial charge in [-0.1, -0.05) is 12.1 Å². The second kappa shape index (κ2) is 6.63. The van der Waals surface area contributed by atoms with Crippen LogP contribution in [0.4, 0.5) is 0 Å². The number of amides is 1. The lowest BCUT2D eigenvalue weighted by atomic mass is 10.1. The first-order valence-electron chi connectivity index (χ1n) is 6.92. The Balaban J connectivity index is 2.10. The van der Waals surface area contributed by atoms with Crippen molar-refractivity contribution in [1.82, 2.24) is 5.32 Å². The molecule has 5 nitrogen and oxygen atoms in total. The molecule has 0 saturated heterocycles. The summed E-state index contributed by atoms with van der Waals surface area (Å²) in [6.07, 6.45) is 1.15. The van der Waals surface area contributed by atoms with Gasteiger partial charge in [0.1, 0.15) is 0 Å². The van der Waals surface area contributed by atoms with Gasteiger partial charge in [0.2, 0.25) is 0 Å². The van der Waals surface area contributed by atoms with E-state index in [0.29, 0.717) is 11.1 Å². The largest absolute Gasteiger partial charge is 0.346 e. The van der Waals surface area contributed by atoms with Gasteiger partial charge in [0.15, 0.2) is 9.84 Å². The first-order chi connectivity index (χ1) is 10.8.